The molecule has 0 bridgehead atoms. The Morgan fingerprint density at radius 1 is 1.31 bits per heavy atom. The third-order valence-corrected chi connectivity index (χ3v) is 4.65. The summed E-state index contributed by atoms with van der Waals surface area (Å²) in [4.78, 5) is 14.4. The fraction of sp³-hybridized carbons (Fsp3) is 0.929. The SMILES string of the molecule is CCC(C)C(=O)CN1CCC2CCCCC21. The number of ketones is 1. The van der Waals surface area contributed by atoms with Crippen LogP contribution in [0.15, 0.2) is 0 Å². The number of carbonyl (C=O) groups is 1. The summed E-state index contributed by atoms with van der Waals surface area (Å²) in [5, 5.41) is 0. The zero-order valence-electron chi connectivity index (χ0n) is 10.7. The van der Waals surface area contributed by atoms with Gasteiger partial charge >= 0.3 is 0 Å². The Bertz CT molecular complexity index is 251. The average Bonchev–Trinajstić information content (AvgIpc) is 2.72. The van der Waals surface area contributed by atoms with Crippen molar-refractivity contribution >= 4 is 5.78 Å². The second-order valence-electron chi connectivity index (χ2n) is 5.65. The van der Waals surface area contributed by atoms with Crippen LogP contribution in [0.5, 0.6) is 0 Å². The van der Waals surface area contributed by atoms with E-state index in [1.807, 2.05) is 0 Å². The number of carbonyl (C=O) groups excluding carboxylic acids is 1. The maximum Gasteiger partial charge on any atom is 0.149 e. The average molecular weight is 223 g/mol. The minimum atomic E-state index is 0.252. The molecule has 2 nitrogen and oxygen atoms in total. The highest BCUT2D eigenvalue weighted by atomic mass is 16.1. The molecule has 3 unspecified atom stereocenters. The molecular weight excluding hydrogens is 198 g/mol. The molecule has 16 heavy (non-hydrogen) atoms. The van der Waals surface area contributed by atoms with Crippen LogP contribution in [0.1, 0.15) is 52.4 Å². The van der Waals surface area contributed by atoms with Crippen LogP contribution in [-0.2, 0) is 4.79 Å². The molecule has 1 heterocycles. The number of nitrogens with zero attached hydrogens (tertiary/aromatic N) is 1. The summed E-state index contributed by atoms with van der Waals surface area (Å²) >= 11 is 0. The zero-order chi connectivity index (χ0) is 11.5. The molecule has 1 saturated carbocycles. The summed E-state index contributed by atoms with van der Waals surface area (Å²) in [6.07, 6.45) is 7.83. The highest BCUT2D eigenvalue weighted by Gasteiger charge is 2.36. The maximum absolute atomic E-state index is 12.0. The van der Waals surface area contributed by atoms with Crippen molar-refractivity contribution in [2.45, 2.75) is 58.4 Å². The molecule has 0 amide bonds. The molecule has 0 N–H and O–H groups in total. The Balaban J connectivity index is 1.88. The topological polar surface area (TPSA) is 20.3 Å². The molecule has 92 valence electrons. The first-order chi connectivity index (χ1) is 7.72. The van der Waals surface area contributed by atoms with Crippen molar-refractivity contribution in [2.75, 3.05) is 13.1 Å². The van der Waals surface area contributed by atoms with E-state index in [2.05, 4.69) is 18.7 Å². The van der Waals surface area contributed by atoms with Gasteiger partial charge in [0.2, 0.25) is 0 Å². The van der Waals surface area contributed by atoms with Gasteiger partial charge in [0.15, 0.2) is 0 Å². The lowest BCUT2D eigenvalue weighted by Gasteiger charge is -2.31. The van der Waals surface area contributed by atoms with Gasteiger partial charge in [-0.15, -0.1) is 0 Å². The molecule has 2 aliphatic rings. The summed E-state index contributed by atoms with van der Waals surface area (Å²) in [7, 11) is 0. The van der Waals surface area contributed by atoms with Gasteiger partial charge < -0.3 is 0 Å². The monoisotopic (exact) mass is 223 g/mol. The molecule has 1 saturated heterocycles. The lowest BCUT2D eigenvalue weighted by atomic mass is 9.85. The number of rotatable bonds is 4. The van der Waals surface area contributed by atoms with Crippen molar-refractivity contribution in [3.05, 3.63) is 0 Å². The van der Waals surface area contributed by atoms with E-state index in [0.717, 1.165) is 31.5 Å². The van der Waals surface area contributed by atoms with E-state index in [1.165, 1.54) is 32.1 Å². The predicted molar refractivity (Wildman–Crippen MR) is 66.4 cm³/mol. The van der Waals surface area contributed by atoms with Gasteiger partial charge in [0.25, 0.3) is 0 Å². The Kier molecular flexibility index (Phi) is 4.01. The summed E-state index contributed by atoms with van der Waals surface area (Å²) in [5.41, 5.74) is 0. The lowest BCUT2D eigenvalue weighted by Crippen LogP contribution is -2.39. The van der Waals surface area contributed by atoms with Crippen LogP contribution in [0.3, 0.4) is 0 Å². The minimum Gasteiger partial charge on any atom is -0.298 e. The Labute approximate surface area is 99.4 Å². The summed E-state index contributed by atoms with van der Waals surface area (Å²) in [5.74, 6) is 1.61. The predicted octanol–water partition coefficient (Wildman–Crippen LogP) is 2.87. The summed E-state index contributed by atoms with van der Waals surface area (Å²) < 4.78 is 0. The van der Waals surface area contributed by atoms with Gasteiger partial charge in [0.1, 0.15) is 5.78 Å². The van der Waals surface area contributed by atoms with Crippen molar-refractivity contribution in [3.63, 3.8) is 0 Å². The third-order valence-electron chi connectivity index (χ3n) is 4.65. The first-order valence-electron chi connectivity index (χ1n) is 6.99. The number of hydrogen-bond acceptors (Lipinski definition) is 2. The number of Topliss-reactive ketones (excluding diaryl/α,β-unsaturated/α-hetero) is 1. The molecule has 2 fully saturated rings. The van der Waals surface area contributed by atoms with Crippen LogP contribution < -0.4 is 0 Å². The quantitative estimate of drug-likeness (QED) is 0.730. The van der Waals surface area contributed by atoms with Crippen molar-refractivity contribution in [2.24, 2.45) is 11.8 Å². The fourth-order valence-corrected chi connectivity index (χ4v) is 3.28. The van der Waals surface area contributed by atoms with Gasteiger partial charge in [-0.2, -0.15) is 0 Å². The Morgan fingerprint density at radius 2 is 2.06 bits per heavy atom. The molecule has 1 aliphatic heterocycles. The van der Waals surface area contributed by atoms with Crippen LogP contribution in [-0.4, -0.2) is 29.8 Å². The lowest BCUT2D eigenvalue weighted by molar-refractivity contribution is -0.124. The Morgan fingerprint density at radius 3 is 2.81 bits per heavy atom. The van der Waals surface area contributed by atoms with Crippen molar-refractivity contribution in [1.29, 1.82) is 0 Å². The summed E-state index contributed by atoms with van der Waals surface area (Å²) in [6.45, 7) is 6.06. The fourth-order valence-electron chi connectivity index (χ4n) is 3.28. The van der Waals surface area contributed by atoms with E-state index < -0.39 is 0 Å². The largest absolute Gasteiger partial charge is 0.298 e. The molecule has 0 aromatic heterocycles. The minimum absolute atomic E-state index is 0.252. The number of likely N-dealkylation sites (tertiary alicyclic amines) is 1. The van der Waals surface area contributed by atoms with Crippen LogP contribution in [0.4, 0.5) is 0 Å². The highest BCUT2D eigenvalue weighted by Crippen LogP contribution is 2.36. The van der Waals surface area contributed by atoms with Crippen molar-refractivity contribution in [1.82, 2.24) is 4.90 Å². The molecule has 2 heteroatoms. The highest BCUT2D eigenvalue weighted by molar-refractivity contribution is 5.82. The molecule has 0 spiro atoms. The van der Waals surface area contributed by atoms with E-state index in [9.17, 15) is 4.79 Å². The van der Waals surface area contributed by atoms with Crippen molar-refractivity contribution in [3.8, 4) is 0 Å². The number of fused-ring (bicyclic) bond motifs is 1. The normalized spacial score (nSPS) is 32.4. The van der Waals surface area contributed by atoms with E-state index in [1.54, 1.807) is 0 Å². The maximum atomic E-state index is 12.0. The molecule has 2 rings (SSSR count). The first-order valence-corrected chi connectivity index (χ1v) is 6.99. The zero-order valence-corrected chi connectivity index (χ0v) is 10.7. The number of hydrogen-bond donors (Lipinski definition) is 0. The third kappa shape index (κ3) is 2.48. The van der Waals surface area contributed by atoms with E-state index in [4.69, 9.17) is 0 Å². The Hall–Kier alpha value is -0.370. The van der Waals surface area contributed by atoms with Gasteiger partial charge in [-0.3, -0.25) is 9.69 Å². The summed E-state index contributed by atoms with van der Waals surface area (Å²) in [6, 6.07) is 0.738. The molecule has 1 aliphatic carbocycles. The van der Waals surface area contributed by atoms with Crippen molar-refractivity contribution < 1.29 is 4.79 Å². The second-order valence-corrected chi connectivity index (χ2v) is 5.65. The van der Waals surface area contributed by atoms with Gasteiger partial charge in [0, 0.05) is 12.0 Å². The molecule has 0 aromatic carbocycles. The smallest absolute Gasteiger partial charge is 0.149 e. The molecule has 3 atom stereocenters. The molecular formula is C14H25NO. The standard InChI is InChI=1S/C14H25NO/c1-3-11(2)14(16)10-15-9-8-12-6-4-5-7-13(12)15/h11-13H,3-10H2,1-2H3. The second kappa shape index (κ2) is 5.31. The van der Waals surface area contributed by atoms with Crippen LogP contribution >= 0.6 is 0 Å². The van der Waals surface area contributed by atoms with Crippen LogP contribution in [0.2, 0.25) is 0 Å². The molecule has 0 aromatic rings. The van der Waals surface area contributed by atoms with Crippen LogP contribution in [0.25, 0.3) is 0 Å². The van der Waals surface area contributed by atoms with E-state index >= 15 is 0 Å². The van der Waals surface area contributed by atoms with Gasteiger partial charge in [-0.1, -0.05) is 26.7 Å². The first kappa shape index (κ1) is 12.1. The van der Waals surface area contributed by atoms with E-state index in [-0.39, 0.29) is 5.92 Å². The van der Waals surface area contributed by atoms with Gasteiger partial charge in [-0.25, -0.2) is 0 Å². The van der Waals surface area contributed by atoms with E-state index in [0.29, 0.717) is 5.78 Å². The van der Waals surface area contributed by atoms with Crippen LogP contribution in [0, 0.1) is 11.8 Å². The van der Waals surface area contributed by atoms with Gasteiger partial charge in [0.05, 0.1) is 6.54 Å². The van der Waals surface area contributed by atoms with Gasteiger partial charge in [-0.05, 0) is 38.1 Å². The molecule has 0 radical (unpaired) electrons.